The number of halogens is 2. The number of rotatable bonds is 6. The number of aryl methyl sites for hydroxylation is 1. The van der Waals surface area contributed by atoms with Crippen molar-refractivity contribution in [2.45, 2.75) is 19.4 Å². The minimum atomic E-state index is -0.659. The summed E-state index contributed by atoms with van der Waals surface area (Å²) in [6.45, 7) is 1.83. The molecule has 5 aromatic rings. The fourth-order valence-corrected chi connectivity index (χ4v) is 5.30. The largest absolute Gasteiger partial charge is 0.489 e. The molecule has 0 spiro atoms. The zero-order valence-corrected chi connectivity index (χ0v) is 23.8. The summed E-state index contributed by atoms with van der Waals surface area (Å²) in [5.41, 5.74) is 9.43. The van der Waals surface area contributed by atoms with Crippen molar-refractivity contribution < 1.29 is 27.8 Å². The molecule has 9 heteroatoms. The molecule has 0 saturated heterocycles. The Labute approximate surface area is 248 Å². The van der Waals surface area contributed by atoms with Crippen molar-refractivity contribution in [1.82, 2.24) is 0 Å². The smallest absolute Gasteiger partial charge is 0.379 e. The first-order valence-corrected chi connectivity index (χ1v) is 13.7. The van der Waals surface area contributed by atoms with Gasteiger partial charge in [-0.3, -0.25) is 0 Å². The average Bonchev–Trinajstić information content (AvgIpc) is 3.31. The summed E-state index contributed by atoms with van der Waals surface area (Å²) >= 11 is 3.43. The van der Waals surface area contributed by atoms with Crippen LogP contribution in [0.4, 0.5) is 4.39 Å². The van der Waals surface area contributed by atoms with Gasteiger partial charge < -0.3 is 24.4 Å². The molecule has 0 bridgehead atoms. The first-order chi connectivity index (χ1) is 20.3. The number of allylic oxidation sites excluding steroid dienone is 1. The molecule has 0 fully saturated rings. The number of nitrogens with zero attached hydrogens (tertiary/aromatic N) is 1. The van der Waals surface area contributed by atoms with Crippen LogP contribution in [0.15, 0.2) is 105 Å². The van der Waals surface area contributed by atoms with Gasteiger partial charge in [-0.2, -0.15) is 5.26 Å². The molecule has 2 heterocycles. The Hall–Kier alpha value is -5.07. The Morgan fingerprint density at radius 3 is 2.69 bits per heavy atom. The lowest BCUT2D eigenvalue weighted by molar-refractivity contribution is 0.0702. The van der Waals surface area contributed by atoms with Gasteiger partial charge in [0.2, 0.25) is 11.6 Å². The molecule has 2 N–H and O–H groups in total. The zero-order chi connectivity index (χ0) is 29.4. The van der Waals surface area contributed by atoms with E-state index in [0.29, 0.717) is 33.8 Å². The summed E-state index contributed by atoms with van der Waals surface area (Å²) in [6, 6.07) is 26.1. The highest BCUT2D eigenvalue weighted by Crippen LogP contribution is 2.44. The summed E-state index contributed by atoms with van der Waals surface area (Å²) in [5.74, 6) is -0.496. The van der Waals surface area contributed by atoms with E-state index in [1.807, 2.05) is 18.2 Å². The van der Waals surface area contributed by atoms with Crippen LogP contribution in [0, 0.1) is 24.1 Å². The van der Waals surface area contributed by atoms with Gasteiger partial charge >= 0.3 is 5.97 Å². The Morgan fingerprint density at radius 2 is 1.88 bits per heavy atom. The van der Waals surface area contributed by atoms with Crippen LogP contribution in [-0.2, 0) is 6.61 Å². The number of carbonyl (C=O) groups excluding carboxylic acids is 1. The molecule has 42 heavy (non-hydrogen) atoms. The summed E-state index contributed by atoms with van der Waals surface area (Å²) in [6.07, 6.45) is 0. The SMILES string of the molecule is Cc1c(C(=O)Oc2ccc3c(c2)OC(N)=C(C#N)C3c2cccc(OCc3ccccc3F)c2)oc2ccc(Br)cc12. The van der Waals surface area contributed by atoms with Crippen LogP contribution in [0.2, 0.25) is 0 Å². The van der Waals surface area contributed by atoms with E-state index in [9.17, 15) is 14.4 Å². The van der Waals surface area contributed by atoms with Gasteiger partial charge in [-0.25, -0.2) is 9.18 Å². The lowest BCUT2D eigenvalue weighted by Gasteiger charge is -2.27. The molecule has 0 aliphatic carbocycles. The molecular weight excluding hydrogens is 603 g/mol. The van der Waals surface area contributed by atoms with Crippen LogP contribution >= 0.6 is 15.9 Å². The average molecular weight is 625 g/mol. The van der Waals surface area contributed by atoms with Gasteiger partial charge in [0.25, 0.3) is 0 Å². The lowest BCUT2D eigenvalue weighted by atomic mass is 9.83. The van der Waals surface area contributed by atoms with Crippen molar-refractivity contribution in [2.24, 2.45) is 5.73 Å². The van der Waals surface area contributed by atoms with Crippen molar-refractivity contribution in [2.75, 3.05) is 0 Å². The molecule has 1 aliphatic heterocycles. The summed E-state index contributed by atoms with van der Waals surface area (Å²) in [5, 5.41) is 10.8. The molecule has 0 saturated carbocycles. The van der Waals surface area contributed by atoms with Gasteiger partial charge in [0, 0.05) is 32.6 Å². The Bertz CT molecular complexity index is 1940. The van der Waals surface area contributed by atoms with E-state index in [4.69, 9.17) is 24.4 Å². The van der Waals surface area contributed by atoms with Crippen LogP contribution in [0.3, 0.4) is 0 Å². The summed E-state index contributed by atoms with van der Waals surface area (Å²) in [7, 11) is 0. The fraction of sp³-hybridized carbons (Fsp3) is 0.0909. The van der Waals surface area contributed by atoms with E-state index < -0.39 is 11.9 Å². The van der Waals surface area contributed by atoms with Gasteiger partial charge in [-0.1, -0.05) is 52.3 Å². The molecule has 0 radical (unpaired) electrons. The topological polar surface area (TPSA) is 108 Å². The number of ether oxygens (including phenoxy) is 3. The van der Waals surface area contributed by atoms with Gasteiger partial charge in [0.15, 0.2) is 0 Å². The Morgan fingerprint density at radius 1 is 1.05 bits per heavy atom. The summed E-state index contributed by atoms with van der Waals surface area (Å²) < 4.78 is 38.0. The number of hydrogen-bond acceptors (Lipinski definition) is 7. The highest BCUT2D eigenvalue weighted by Gasteiger charge is 2.31. The highest BCUT2D eigenvalue weighted by molar-refractivity contribution is 9.10. The first kappa shape index (κ1) is 27.1. The number of carbonyl (C=O) groups is 1. The maximum atomic E-state index is 14.1. The molecule has 6 rings (SSSR count). The van der Waals surface area contributed by atoms with Crippen LogP contribution in [-0.4, -0.2) is 5.97 Å². The van der Waals surface area contributed by atoms with E-state index >= 15 is 0 Å². The molecule has 208 valence electrons. The molecule has 4 aromatic carbocycles. The van der Waals surface area contributed by atoms with Gasteiger partial charge in [0.1, 0.15) is 46.9 Å². The van der Waals surface area contributed by atoms with Crippen LogP contribution in [0.1, 0.15) is 38.7 Å². The van der Waals surface area contributed by atoms with E-state index in [-0.39, 0.29) is 35.4 Å². The second-order valence-electron chi connectivity index (χ2n) is 9.66. The van der Waals surface area contributed by atoms with Crippen LogP contribution < -0.4 is 19.9 Å². The van der Waals surface area contributed by atoms with Crippen molar-refractivity contribution >= 4 is 32.9 Å². The molecule has 1 aromatic heterocycles. The maximum Gasteiger partial charge on any atom is 0.379 e. The minimum absolute atomic E-state index is 0.0419. The van der Waals surface area contributed by atoms with E-state index in [1.54, 1.807) is 67.6 Å². The number of fused-ring (bicyclic) bond motifs is 2. The third-order valence-electron chi connectivity index (χ3n) is 7.03. The third-order valence-corrected chi connectivity index (χ3v) is 7.52. The molecule has 0 amide bonds. The predicted octanol–water partition coefficient (Wildman–Crippen LogP) is 7.66. The Kier molecular flexibility index (Phi) is 7.15. The number of esters is 1. The van der Waals surface area contributed by atoms with Crippen molar-refractivity contribution in [3.8, 4) is 23.3 Å². The molecule has 7 nitrogen and oxygen atoms in total. The van der Waals surface area contributed by atoms with Crippen molar-refractivity contribution in [3.63, 3.8) is 0 Å². The quantitative estimate of drug-likeness (QED) is 0.153. The minimum Gasteiger partial charge on any atom is -0.489 e. The van der Waals surface area contributed by atoms with Gasteiger partial charge in [-0.15, -0.1) is 0 Å². The Balaban J connectivity index is 1.28. The lowest BCUT2D eigenvalue weighted by Crippen LogP contribution is -2.21. The monoisotopic (exact) mass is 624 g/mol. The molecule has 1 atom stereocenters. The van der Waals surface area contributed by atoms with Crippen molar-refractivity contribution in [1.29, 1.82) is 5.26 Å². The van der Waals surface area contributed by atoms with Gasteiger partial charge in [-0.05, 0) is 55.0 Å². The van der Waals surface area contributed by atoms with Crippen LogP contribution in [0.5, 0.6) is 17.2 Å². The predicted molar refractivity (Wildman–Crippen MR) is 157 cm³/mol. The molecule has 1 unspecified atom stereocenters. The number of hydrogen-bond donors (Lipinski definition) is 1. The number of nitrogens with two attached hydrogens (primary N) is 1. The van der Waals surface area contributed by atoms with Gasteiger partial charge in [0.05, 0.1) is 5.92 Å². The summed E-state index contributed by atoms with van der Waals surface area (Å²) in [4.78, 5) is 13.0. The number of furan rings is 1. The molecule has 1 aliphatic rings. The first-order valence-electron chi connectivity index (χ1n) is 12.9. The normalized spacial score (nSPS) is 14.2. The highest BCUT2D eigenvalue weighted by atomic mass is 79.9. The van der Waals surface area contributed by atoms with E-state index in [1.165, 1.54) is 6.07 Å². The van der Waals surface area contributed by atoms with E-state index in [0.717, 1.165) is 15.4 Å². The second-order valence-corrected chi connectivity index (χ2v) is 10.6. The van der Waals surface area contributed by atoms with Crippen LogP contribution in [0.25, 0.3) is 11.0 Å². The zero-order valence-electron chi connectivity index (χ0n) is 22.2. The standard InChI is InChI=1S/C33H22BrFN2O5/c1-18-25-14-21(34)9-12-28(25)41-31(18)33(38)40-23-10-11-24-29(15-23)42-32(37)26(16-36)30(24)19-6-4-7-22(13-19)39-17-20-5-2-3-8-27(20)35/h2-15,30H,17,37H2,1H3. The number of benzene rings is 4. The third kappa shape index (κ3) is 5.08. The fourth-order valence-electron chi connectivity index (χ4n) is 4.94. The second kappa shape index (κ2) is 11.1. The number of nitriles is 1. The van der Waals surface area contributed by atoms with E-state index in [2.05, 4.69) is 22.0 Å². The maximum absolute atomic E-state index is 14.1. The van der Waals surface area contributed by atoms with Crippen molar-refractivity contribution in [3.05, 3.63) is 135 Å². The molecular formula is C33H22BrFN2O5.